The Balaban J connectivity index is 1.73. The molecule has 1 amide bonds. The average Bonchev–Trinajstić information content (AvgIpc) is 2.77. The smallest absolute Gasteiger partial charge is 0.435 e. The molecule has 1 aliphatic rings. The van der Waals surface area contributed by atoms with E-state index in [0.717, 1.165) is 31.9 Å². The molecule has 196 valence electrons. The first-order valence-electron chi connectivity index (χ1n) is 11.4. The van der Waals surface area contributed by atoms with Gasteiger partial charge in [-0.15, -0.1) is 10.2 Å². The van der Waals surface area contributed by atoms with E-state index in [4.69, 9.17) is 9.52 Å². The Bertz CT molecular complexity index is 1490. The monoisotopic (exact) mass is 533 g/mol. The lowest BCUT2D eigenvalue weighted by Gasteiger charge is -2.38. The highest BCUT2D eigenvalue weighted by Gasteiger charge is 2.39. The van der Waals surface area contributed by atoms with Crippen molar-refractivity contribution in [1.82, 2.24) is 15.2 Å². The standard InChI is InChI=1S/C25H26F3N5O3S/c1-14-20(22(34)31-16-7-5-8-17(13-16)37(4,29)35)23(33-32-21(14)25(26,27)28)36-18-9-10-19(30-15(18)2)24(3)11-6-12-24/h5,7-10,13,29H,6,11-12H2,1-4H3,(H,31,34). The molecule has 37 heavy (non-hydrogen) atoms. The van der Waals surface area contributed by atoms with Crippen molar-refractivity contribution in [2.45, 2.75) is 56.5 Å². The Morgan fingerprint density at radius 1 is 1.16 bits per heavy atom. The van der Waals surface area contributed by atoms with E-state index in [1.54, 1.807) is 19.1 Å². The van der Waals surface area contributed by atoms with Crippen LogP contribution in [-0.2, 0) is 21.3 Å². The van der Waals surface area contributed by atoms with Gasteiger partial charge in [0.1, 0.15) is 5.56 Å². The summed E-state index contributed by atoms with van der Waals surface area (Å²) in [6.07, 6.45) is -0.474. The Morgan fingerprint density at radius 3 is 2.43 bits per heavy atom. The van der Waals surface area contributed by atoms with E-state index in [-0.39, 0.29) is 21.7 Å². The number of aromatic nitrogens is 3. The van der Waals surface area contributed by atoms with E-state index in [9.17, 15) is 22.2 Å². The summed E-state index contributed by atoms with van der Waals surface area (Å²) in [4.78, 5) is 18.0. The number of ether oxygens (including phenoxy) is 1. The topological polar surface area (TPSA) is 118 Å². The molecule has 8 nitrogen and oxygen atoms in total. The first-order valence-corrected chi connectivity index (χ1v) is 13.4. The van der Waals surface area contributed by atoms with Crippen molar-refractivity contribution in [2.75, 3.05) is 11.6 Å². The third-order valence-corrected chi connectivity index (χ3v) is 7.70. The van der Waals surface area contributed by atoms with E-state index in [2.05, 4.69) is 27.4 Å². The highest BCUT2D eigenvalue weighted by Crippen LogP contribution is 2.43. The van der Waals surface area contributed by atoms with E-state index in [1.807, 2.05) is 0 Å². The van der Waals surface area contributed by atoms with Gasteiger partial charge in [-0.05, 0) is 62.6 Å². The predicted molar refractivity (Wildman–Crippen MR) is 131 cm³/mol. The lowest BCUT2D eigenvalue weighted by atomic mass is 9.68. The lowest BCUT2D eigenvalue weighted by Crippen LogP contribution is -2.31. The Labute approximate surface area is 212 Å². The van der Waals surface area contributed by atoms with Crippen LogP contribution >= 0.6 is 0 Å². The molecule has 2 N–H and O–H groups in total. The van der Waals surface area contributed by atoms with Gasteiger partial charge in [-0.3, -0.25) is 9.78 Å². The van der Waals surface area contributed by atoms with E-state index in [0.29, 0.717) is 5.69 Å². The van der Waals surface area contributed by atoms with Gasteiger partial charge in [0.2, 0.25) is 0 Å². The fourth-order valence-electron chi connectivity index (χ4n) is 4.18. The third kappa shape index (κ3) is 5.43. The van der Waals surface area contributed by atoms with E-state index >= 15 is 0 Å². The number of nitrogens with zero attached hydrogens (tertiary/aromatic N) is 3. The number of alkyl halides is 3. The van der Waals surface area contributed by atoms with Gasteiger partial charge in [0.05, 0.1) is 15.4 Å². The minimum atomic E-state index is -4.85. The van der Waals surface area contributed by atoms with Crippen LogP contribution in [0.4, 0.5) is 18.9 Å². The Hall–Kier alpha value is -3.54. The van der Waals surface area contributed by atoms with Crippen molar-refractivity contribution in [3.8, 4) is 11.6 Å². The molecule has 1 unspecified atom stereocenters. The molecule has 4 rings (SSSR count). The number of anilines is 1. The second-order valence-corrected chi connectivity index (χ2v) is 11.6. The zero-order chi connectivity index (χ0) is 27.2. The summed E-state index contributed by atoms with van der Waals surface area (Å²) < 4.78 is 66.4. The van der Waals surface area contributed by atoms with Gasteiger partial charge in [-0.1, -0.05) is 19.4 Å². The number of carbonyl (C=O) groups excluding carboxylic acids is 1. The summed E-state index contributed by atoms with van der Waals surface area (Å²) in [6, 6.07) is 9.21. The number of amides is 1. The van der Waals surface area contributed by atoms with Gasteiger partial charge in [0.15, 0.2) is 11.4 Å². The predicted octanol–water partition coefficient (Wildman–Crippen LogP) is 6.03. The molecule has 0 bridgehead atoms. The van der Waals surface area contributed by atoms with Gasteiger partial charge in [-0.25, -0.2) is 8.99 Å². The molecule has 0 spiro atoms. The summed E-state index contributed by atoms with van der Waals surface area (Å²) in [5.41, 5.74) is -0.703. The van der Waals surface area contributed by atoms with Crippen LogP contribution in [0.2, 0.25) is 0 Å². The molecule has 2 heterocycles. The van der Waals surface area contributed by atoms with Crippen LogP contribution in [0.3, 0.4) is 0 Å². The maximum atomic E-state index is 13.6. The van der Waals surface area contributed by atoms with Gasteiger partial charge in [0.25, 0.3) is 11.8 Å². The number of nitrogens with one attached hydrogen (secondary N) is 2. The van der Waals surface area contributed by atoms with Crippen molar-refractivity contribution in [3.05, 3.63) is 64.6 Å². The zero-order valence-electron chi connectivity index (χ0n) is 20.7. The van der Waals surface area contributed by atoms with Crippen LogP contribution in [0.15, 0.2) is 41.3 Å². The number of pyridine rings is 1. The van der Waals surface area contributed by atoms with Crippen molar-refractivity contribution in [3.63, 3.8) is 0 Å². The fraction of sp³-hybridized carbons (Fsp3) is 0.360. The number of aryl methyl sites for hydroxylation is 1. The summed E-state index contributed by atoms with van der Waals surface area (Å²) in [5.74, 6) is -1.11. The minimum absolute atomic E-state index is 0.0193. The second kappa shape index (κ2) is 9.40. The lowest BCUT2D eigenvalue weighted by molar-refractivity contribution is -0.142. The maximum Gasteiger partial charge on any atom is 0.435 e. The molecule has 0 saturated heterocycles. The molecule has 1 aliphatic carbocycles. The number of rotatable bonds is 6. The second-order valence-electron chi connectivity index (χ2n) is 9.47. The van der Waals surface area contributed by atoms with Gasteiger partial charge >= 0.3 is 6.18 Å². The van der Waals surface area contributed by atoms with Crippen molar-refractivity contribution in [1.29, 1.82) is 4.78 Å². The number of hydrogen-bond donors (Lipinski definition) is 2. The van der Waals surface area contributed by atoms with Crippen molar-refractivity contribution >= 4 is 21.3 Å². The Morgan fingerprint density at radius 2 is 1.86 bits per heavy atom. The van der Waals surface area contributed by atoms with Crippen molar-refractivity contribution in [2.24, 2.45) is 0 Å². The van der Waals surface area contributed by atoms with Crippen molar-refractivity contribution < 1.29 is 26.9 Å². The first-order chi connectivity index (χ1) is 17.2. The van der Waals surface area contributed by atoms with Crippen LogP contribution in [0.25, 0.3) is 0 Å². The molecule has 1 fully saturated rings. The molecule has 12 heteroatoms. The number of carbonyl (C=O) groups is 1. The summed E-state index contributed by atoms with van der Waals surface area (Å²) in [7, 11) is -3.08. The molecule has 1 aromatic carbocycles. The van der Waals surface area contributed by atoms with Gasteiger partial charge in [-0.2, -0.15) is 13.2 Å². The molecule has 1 atom stereocenters. The van der Waals surface area contributed by atoms with Crippen LogP contribution in [0.5, 0.6) is 11.6 Å². The van der Waals surface area contributed by atoms with Gasteiger partial charge < -0.3 is 10.1 Å². The molecule has 0 radical (unpaired) electrons. The summed E-state index contributed by atoms with van der Waals surface area (Å²) in [5, 5.41) is 9.39. The normalized spacial score (nSPS) is 16.4. The highest BCUT2D eigenvalue weighted by molar-refractivity contribution is 7.91. The van der Waals surface area contributed by atoms with E-state index < -0.39 is 44.5 Å². The SMILES string of the molecule is Cc1nc(C2(C)CCC2)ccc1Oc1nnc(C(F)(F)F)c(C)c1C(=O)Nc1cccc(S(C)(=N)=O)c1. The van der Waals surface area contributed by atoms with Crippen LogP contribution in [0.1, 0.15) is 59.2 Å². The van der Waals surface area contributed by atoms with Crippen LogP contribution < -0.4 is 10.1 Å². The van der Waals surface area contributed by atoms with Crippen LogP contribution in [0, 0.1) is 18.6 Å². The largest absolute Gasteiger partial charge is 0.435 e. The first kappa shape index (κ1) is 26.5. The molecule has 0 aliphatic heterocycles. The minimum Gasteiger partial charge on any atom is -0.435 e. The number of benzene rings is 1. The molecule has 1 saturated carbocycles. The average molecular weight is 534 g/mol. The zero-order valence-corrected chi connectivity index (χ0v) is 21.5. The number of halogens is 3. The molecular weight excluding hydrogens is 507 g/mol. The quantitative estimate of drug-likeness (QED) is 0.400. The summed E-state index contributed by atoms with van der Waals surface area (Å²) in [6.45, 7) is 4.95. The fourth-order valence-corrected chi connectivity index (χ4v) is 4.87. The highest BCUT2D eigenvalue weighted by atomic mass is 32.2. The van der Waals surface area contributed by atoms with Crippen LogP contribution in [-0.4, -0.2) is 31.6 Å². The summed E-state index contributed by atoms with van der Waals surface area (Å²) >= 11 is 0. The number of hydrogen-bond acceptors (Lipinski definition) is 7. The maximum absolute atomic E-state index is 13.6. The molecule has 2 aromatic heterocycles. The van der Waals surface area contributed by atoms with E-state index in [1.165, 1.54) is 30.5 Å². The Kier molecular flexibility index (Phi) is 6.74. The van der Waals surface area contributed by atoms with Gasteiger partial charge in [0, 0.05) is 27.9 Å². The molecular formula is C25H26F3N5O3S. The molecule has 3 aromatic rings. The third-order valence-electron chi connectivity index (χ3n) is 6.54.